The lowest BCUT2D eigenvalue weighted by Crippen LogP contribution is -2.44. The number of hydrogen-bond acceptors (Lipinski definition) is 9. The molecule has 0 spiro atoms. The standard InChI is InChI=1S/C24H25ClN8O3/c1-12-8-17-21(36-30-22(17)26)23(27-12)32-10-13-2-5-19(32)20(13)28-24(35)16-4-3-15(9-18(16)25)33-11-14(6-7-34)29-31-33/h3-4,8-9,11,13,19-20,34H,2,5-7,10H2,1H3,(H2,26,30)(H,28,35). The summed E-state index contributed by atoms with van der Waals surface area (Å²) < 4.78 is 7.08. The van der Waals surface area contributed by atoms with Gasteiger partial charge in [0.2, 0.25) is 5.58 Å². The van der Waals surface area contributed by atoms with Gasteiger partial charge in [-0.15, -0.1) is 5.10 Å². The maximum atomic E-state index is 13.3. The molecule has 4 N–H and O–H groups in total. The number of pyridine rings is 1. The first-order valence-electron chi connectivity index (χ1n) is 11.8. The van der Waals surface area contributed by atoms with Crippen LogP contribution in [0.15, 0.2) is 35.0 Å². The molecular weight excluding hydrogens is 484 g/mol. The van der Waals surface area contributed by atoms with Crippen LogP contribution in [0.5, 0.6) is 0 Å². The maximum Gasteiger partial charge on any atom is 0.253 e. The second-order valence-corrected chi connectivity index (χ2v) is 9.79. The zero-order chi connectivity index (χ0) is 25.0. The first-order chi connectivity index (χ1) is 17.4. The SMILES string of the molecule is Cc1cc2c(N)noc2c(N2CC3CCC2C3NC(=O)c2ccc(-n3cc(CCO)nn3)cc2Cl)n1. The van der Waals surface area contributed by atoms with Gasteiger partial charge in [0.1, 0.15) is 0 Å². The number of carbonyl (C=O) groups is 1. The van der Waals surface area contributed by atoms with Crippen molar-refractivity contribution in [2.24, 2.45) is 5.92 Å². The minimum atomic E-state index is -0.221. The number of amides is 1. The number of nitrogens with one attached hydrogen (secondary N) is 1. The van der Waals surface area contributed by atoms with Crippen molar-refractivity contribution in [3.63, 3.8) is 0 Å². The van der Waals surface area contributed by atoms with Crippen molar-refractivity contribution >= 4 is 40.1 Å². The molecule has 4 aromatic rings. The molecule has 1 aliphatic carbocycles. The maximum absolute atomic E-state index is 13.3. The minimum Gasteiger partial charge on any atom is -0.396 e. The number of aliphatic hydroxyl groups is 1. The molecule has 3 atom stereocenters. The molecule has 2 bridgehead atoms. The number of nitrogens with two attached hydrogens (primary N) is 1. The number of nitrogens with zero attached hydrogens (tertiary/aromatic N) is 6. The molecule has 36 heavy (non-hydrogen) atoms. The predicted molar refractivity (Wildman–Crippen MR) is 133 cm³/mol. The van der Waals surface area contributed by atoms with Crippen LogP contribution in [0.1, 0.15) is 34.6 Å². The van der Waals surface area contributed by atoms with Crippen molar-refractivity contribution in [2.45, 2.75) is 38.3 Å². The Morgan fingerprint density at radius 1 is 1.33 bits per heavy atom. The average Bonchev–Trinajstić information content (AvgIpc) is 3.64. The van der Waals surface area contributed by atoms with Crippen LogP contribution in [-0.2, 0) is 6.42 Å². The third-order valence-corrected chi connectivity index (χ3v) is 7.43. The number of hydrogen-bond donors (Lipinski definition) is 3. The molecule has 0 radical (unpaired) electrons. The normalized spacial score (nSPS) is 21.0. The Bertz CT molecular complexity index is 1470. The Morgan fingerprint density at radius 3 is 3.00 bits per heavy atom. The summed E-state index contributed by atoms with van der Waals surface area (Å²) in [5.41, 5.74) is 9.14. The van der Waals surface area contributed by atoms with Crippen LogP contribution >= 0.6 is 11.6 Å². The van der Waals surface area contributed by atoms with E-state index in [-0.39, 0.29) is 30.5 Å². The van der Waals surface area contributed by atoms with E-state index in [0.29, 0.717) is 39.8 Å². The number of nitrogen functional groups attached to an aromatic ring is 1. The quantitative estimate of drug-likeness (QED) is 0.356. The van der Waals surface area contributed by atoms with E-state index >= 15 is 0 Å². The fourth-order valence-corrected chi connectivity index (χ4v) is 5.70. The fraction of sp³-hybridized carbons (Fsp3) is 0.375. The van der Waals surface area contributed by atoms with E-state index in [0.717, 1.165) is 36.3 Å². The number of fused-ring (bicyclic) bond motifs is 3. The minimum absolute atomic E-state index is 0.00355. The zero-order valence-electron chi connectivity index (χ0n) is 19.6. The number of aromatic nitrogens is 5. The third-order valence-electron chi connectivity index (χ3n) is 7.12. The lowest BCUT2D eigenvalue weighted by Gasteiger charge is -2.28. The molecule has 3 unspecified atom stereocenters. The fourth-order valence-electron chi connectivity index (χ4n) is 5.44. The number of aryl methyl sites for hydroxylation is 1. The van der Waals surface area contributed by atoms with Gasteiger partial charge in [-0.05, 0) is 49.9 Å². The van der Waals surface area contributed by atoms with E-state index in [4.69, 9.17) is 31.9 Å². The van der Waals surface area contributed by atoms with Crippen molar-refractivity contribution in [3.8, 4) is 5.69 Å². The summed E-state index contributed by atoms with van der Waals surface area (Å²) in [5, 5.41) is 25.4. The molecule has 11 nitrogen and oxygen atoms in total. The van der Waals surface area contributed by atoms with Gasteiger partial charge in [-0.1, -0.05) is 22.0 Å². The predicted octanol–water partition coefficient (Wildman–Crippen LogP) is 2.28. The molecule has 1 aromatic carbocycles. The molecule has 1 aliphatic heterocycles. The van der Waals surface area contributed by atoms with E-state index in [1.54, 1.807) is 29.1 Å². The summed E-state index contributed by atoms with van der Waals surface area (Å²) in [4.78, 5) is 20.2. The number of aliphatic hydroxyl groups excluding tert-OH is 1. The number of rotatable bonds is 6. The van der Waals surface area contributed by atoms with Crippen molar-refractivity contribution < 1.29 is 14.4 Å². The second kappa shape index (κ2) is 8.75. The summed E-state index contributed by atoms with van der Waals surface area (Å²) >= 11 is 6.51. The van der Waals surface area contributed by atoms with Gasteiger partial charge in [0.05, 0.1) is 45.6 Å². The van der Waals surface area contributed by atoms with E-state index in [2.05, 4.69) is 25.7 Å². The second-order valence-electron chi connectivity index (χ2n) is 9.38. The summed E-state index contributed by atoms with van der Waals surface area (Å²) in [6.07, 6.45) is 4.10. The Morgan fingerprint density at radius 2 is 2.19 bits per heavy atom. The molecule has 12 heteroatoms. The van der Waals surface area contributed by atoms with Crippen LogP contribution in [0.25, 0.3) is 16.7 Å². The largest absolute Gasteiger partial charge is 0.396 e. The van der Waals surface area contributed by atoms with Gasteiger partial charge < -0.3 is 25.6 Å². The van der Waals surface area contributed by atoms with Crippen molar-refractivity contribution in [2.75, 3.05) is 23.8 Å². The molecule has 1 amide bonds. The Kier molecular flexibility index (Phi) is 5.53. The first-order valence-corrected chi connectivity index (χ1v) is 12.2. The molecular formula is C24H25ClN8O3. The molecule has 2 fully saturated rings. The van der Waals surface area contributed by atoms with Gasteiger partial charge in [-0.2, -0.15) is 0 Å². The highest BCUT2D eigenvalue weighted by Gasteiger charge is 2.49. The summed E-state index contributed by atoms with van der Waals surface area (Å²) in [5.74, 6) is 1.13. The van der Waals surface area contributed by atoms with Crippen LogP contribution in [0.3, 0.4) is 0 Å². The molecule has 2 aliphatic rings. The highest BCUT2D eigenvalue weighted by Crippen LogP contribution is 2.43. The van der Waals surface area contributed by atoms with Gasteiger partial charge in [0.25, 0.3) is 5.91 Å². The highest BCUT2D eigenvalue weighted by atomic mass is 35.5. The van der Waals surface area contributed by atoms with E-state index in [1.165, 1.54) is 0 Å². The zero-order valence-corrected chi connectivity index (χ0v) is 20.3. The molecule has 4 heterocycles. The smallest absolute Gasteiger partial charge is 0.253 e. The van der Waals surface area contributed by atoms with E-state index < -0.39 is 0 Å². The lowest BCUT2D eigenvalue weighted by molar-refractivity contribution is 0.0932. The lowest BCUT2D eigenvalue weighted by atomic mass is 10.1. The van der Waals surface area contributed by atoms with Gasteiger partial charge >= 0.3 is 0 Å². The summed E-state index contributed by atoms with van der Waals surface area (Å²) in [7, 11) is 0. The molecule has 1 saturated carbocycles. The Labute approximate surface area is 211 Å². The van der Waals surface area contributed by atoms with E-state index in [9.17, 15) is 4.79 Å². The Balaban J connectivity index is 1.22. The number of halogens is 1. The highest BCUT2D eigenvalue weighted by molar-refractivity contribution is 6.34. The summed E-state index contributed by atoms with van der Waals surface area (Å²) in [6, 6.07) is 7.07. The van der Waals surface area contributed by atoms with Gasteiger partial charge in [-0.25, -0.2) is 9.67 Å². The molecule has 6 rings (SSSR count). The van der Waals surface area contributed by atoms with Crippen LogP contribution in [-0.4, -0.2) is 61.4 Å². The van der Waals surface area contributed by atoms with Crippen LogP contribution in [0.4, 0.5) is 11.6 Å². The van der Waals surface area contributed by atoms with Gasteiger partial charge in [0.15, 0.2) is 11.6 Å². The monoisotopic (exact) mass is 508 g/mol. The number of anilines is 2. The number of carbonyl (C=O) groups excluding carboxylic acids is 1. The van der Waals surface area contributed by atoms with Gasteiger partial charge in [-0.3, -0.25) is 4.79 Å². The summed E-state index contributed by atoms with van der Waals surface area (Å²) in [6.45, 7) is 2.68. The van der Waals surface area contributed by atoms with Crippen molar-refractivity contribution in [3.05, 3.63) is 52.4 Å². The average molecular weight is 509 g/mol. The molecule has 186 valence electrons. The molecule has 1 saturated heterocycles. The number of piperidine rings is 1. The third kappa shape index (κ3) is 3.75. The topological polar surface area (TPSA) is 148 Å². The molecule has 3 aromatic heterocycles. The van der Waals surface area contributed by atoms with Crippen LogP contribution in [0, 0.1) is 12.8 Å². The van der Waals surface area contributed by atoms with Gasteiger partial charge in [0, 0.05) is 25.3 Å². The first kappa shape index (κ1) is 22.7. The van der Waals surface area contributed by atoms with Crippen LogP contribution < -0.4 is 16.0 Å². The Hall–Kier alpha value is -3.70. The number of benzene rings is 1. The van der Waals surface area contributed by atoms with Crippen molar-refractivity contribution in [1.82, 2.24) is 30.5 Å². The van der Waals surface area contributed by atoms with E-state index in [1.807, 2.05) is 13.0 Å². The van der Waals surface area contributed by atoms with Crippen molar-refractivity contribution in [1.29, 1.82) is 0 Å². The van der Waals surface area contributed by atoms with Crippen LogP contribution in [0.2, 0.25) is 5.02 Å².